The van der Waals surface area contributed by atoms with E-state index in [0.717, 1.165) is 21.8 Å². The molecule has 0 saturated carbocycles. The molecule has 0 bridgehead atoms. The molecule has 3 heterocycles. The Morgan fingerprint density at radius 3 is 2.94 bits per heavy atom. The fourth-order valence-corrected chi connectivity index (χ4v) is 4.02. The minimum Gasteiger partial charge on any atom is -0.346 e. The summed E-state index contributed by atoms with van der Waals surface area (Å²) in [5.74, 6) is -0.231. The highest BCUT2D eigenvalue weighted by Gasteiger charge is 2.15. The number of nitrogens with zero attached hydrogens (tertiary/aromatic N) is 5. The van der Waals surface area contributed by atoms with E-state index in [9.17, 15) is 4.79 Å². The summed E-state index contributed by atoms with van der Waals surface area (Å²) < 4.78 is 1.76. The van der Waals surface area contributed by atoms with Crippen molar-refractivity contribution in [1.82, 2.24) is 25.1 Å². The predicted octanol–water partition coefficient (Wildman–Crippen LogP) is 4.41. The second kappa shape index (κ2) is 9.08. The number of benzene rings is 1. The number of amides is 1. The van der Waals surface area contributed by atoms with Gasteiger partial charge in [-0.2, -0.15) is 10.4 Å². The Labute approximate surface area is 188 Å². The zero-order chi connectivity index (χ0) is 21.8. The molecule has 154 valence electrons. The highest BCUT2D eigenvalue weighted by molar-refractivity contribution is 7.13. The molecule has 4 aromatic rings. The molecule has 0 saturated heterocycles. The number of hydrogen-bond acceptors (Lipinski definition) is 6. The van der Waals surface area contributed by atoms with Crippen LogP contribution in [0.1, 0.15) is 23.0 Å². The van der Waals surface area contributed by atoms with Crippen LogP contribution in [0.5, 0.6) is 0 Å². The Morgan fingerprint density at radius 2 is 2.19 bits per heavy atom. The van der Waals surface area contributed by atoms with E-state index in [4.69, 9.17) is 16.9 Å². The second-order valence-corrected chi connectivity index (χ2v) is 8.15. The third kappa shape index (κ3) is 4.79. The summed E-state index contributed by atoms with van der Waals surface area (Å²) in [5, 5.41) is 19.4. The molecule has 7 nitrogen and oxygen atoms in total. The summed E-state index contributed by atoms with van der Waals surface area (Å²) in [6.45, 7) is 2.40. The van der Waals surface area contributed by atoms with Crippen molar-refractivity contribution in [2.24, 2.45) is 0 Å². The molecule has 4 rings (SSSR count). The molecule has 0 spiro atoms. The number of aromatic nitrogens is 4. The van der Waals surface area contributed by atoms with Crippen molar-refractivity contribution >= 4 is 28.8 Å². The van der Waals surface area contributed by atoms with E-state index in [-0.39, 0.29) is 11.9 Å². The molecular weight excluding hydrogens is 432 g/mol. The highest BCUT2D eigenvalue weighted by Crippen LogP contribution is 2.24. The number of carbonyl (C=O) groups excluding carboxylic acids is 1. The number of pyridine rings is 1. The van der Waals surface area contributed by atoms with Gasteiger partial charge in [-0.05, 0) is 37.3 Å². The summed E-state index contributed by atoms with van der Waals surface area (Å²) in [4.78, 5) is 21.1. The molecule has 31 heavy (non-hydrogen) atoms. The van der Waals surface area contributed by atoms with Gasteiger partial charge in [0.1, 0.15) is 16.8 Å². The molecule has 1 N–H and O–H groups in total. The predicted molar refractivity (Wildman–Crippen MR) is 120 cm³/mol. The lowest BCUT2D eigenvalue weighted by Crippen LogP contribution is -2.36. The van der Waals surface area contributed by atoms with E-state index in [1.165, 1.54) is 11.3 Å². The number of carbonyl (C=O) groups is 1. The lowest BCUT2D eigenvalue weighted by Gasteiger charge is -2.13. The summed E-state index contributed by atoms with van der Waals surface area (Å²) in [6, 6.07) is 12.7. The van der Waals surface area contributed by atoms with Crippen LogP contribution in [-0.4, -0.2) is 31.7 Å². The van der Waals surface area contributed by atoms with E-state index >= 15 is 0 Å². The number of thiazole rings is 1. The second-order valence-electron chi connectivity index (χ2n) is 6.88. The number of nitrogens with one attached hydrogen (secondary N) is 1. The maximum atomic E-state index is 12.6. The van der Waals surface area contributed by atoms with Crippen LogP contribution in [0.3, 0.4) is 0 Å². The third-order valence-electron chi connectivity index (χ3n) is 4.51. The first-order valence-corrected chi connectivity index (χ1v) is 10.7. The molecule has 0 aliphatic carbocycles. The Morgan fingerprint density at radius 1 is 1.32 bits per heavy atom. The topological polar surface area (TPSA) is 96.5 Å². The SMILES string of the molecule is CC(Cn1ccc(-c2ccc(C#N)c(Cl)c2)n1)NC(=O)c1csc(-c2cccnc2)n1. The molecule has 0 fully saturated rings. The molecule has 9 heteroatoms. The molecule has 0 radical (unpaired) electrons. The van der Waals surface area contributed by atoms with Gasteiger partial charge in [-0.15, -0.1) is 11.3 Å². The van der Waals surface area contributed by atoms with E-state index < -0.39 is 0 Å². The van der Waals surface area contributed by atoms with E-state index in [0.29, 0.717) is 22.8 Å². The minimum absolute atomic E-state index is 0.159. The van der Waals surface area contributed by atoms with Crippen LogP contribution < -0.4 is 5.32 Å². The van der Waals surface area contributed by atoms with Crippen LogP contribution in [0.15, 0.2) is 60.4 Å². The summed E-state index contributed by atoms with van der Waals surface area (Å²) >= 11 is 7.52. The van der Waals surface area contributed by atoms with Gasteiger partial charge in [0.15, 0.2) is 0 Å². The standard InChI is InChI=1S/C22H17ClN6OS/c1-14(26-21(30)20-13-31-22(27-20)17-3-2-7-25-11-17)12-29-8-6-19(28-29)15-4-5-16(10-24)18(23)9-15/h2-9,11,13-14H,12H2,1H3,(H,26,30). The molecule has 0 aliphatic rings. The number of rotatable bonds is 6. The van der Waals surface area contributed by atoms with E-state index in [1.807, 2.05) is 43.5 Å². The number of nitriles is 1. The van der Waals surface area contributed by atoms with Gasteiger partial charge < -0.3 is 5.32 Å². The first-order chi connectivity index (χ1) is 15.0. The normalized spacial score (nSPS) is 11.6. The quantitative estimate of drug-likeness (QED) is 0.471. The van der Waals surface area contributed by atoms with Gasteiger partial charge >= 0.3 is 0 Å². The lowest BCUT2D eigenvalue weighted by molar-refractivity contribution is 0.0931. The van der Waals surface area contributed by atoms with Crippen molar-refractivity contribution < 1.29 is 4.79 Å². The Kier molecular flexibility index (Phi) is 6.07. The van der Waals surface area contributed by atoms with Crippen molar-refractivity contribution in [2.75, 3.05) is 0 Å². The third-order valence-corrected chi connectivity index (χ3v) is 5.71. The fourth-order valence-electron chi connectivity index (χ4n) is 3.01. The van der Waals surface area contributed by atoms with Crippen molar-refractivity contribution in [1.29, 1.82) is 5.26 Å². The number of halogens is 1. The van der Waals surface area contributed by atoms with Gasteiger partial charge in [0.05, 0.1) is 22.8 Å². The molecule has 0 aliphatic heterocycles. The van der Waals surface area contributed by atoms with Gasteiger partial charge in [-0.1, -0.05) is 17.7 Å². The Bertz CT molecular complexity index is 1260. The van der Waals surface area contributed by atoms with Crippen LogP contribution in [0.25, 0.3) is 21.8 Å². The lowest BCUT2D eigenvalue weighted by atomic mass is 10.1. The average Bonchev–Trinajstić information content (AvgIpc) is 3.44. The first kappa shape index (κ1) is 20.7. The molecule has 1 amide bonds. The van der Waals surface area contributed by atoms with Crippen molar-refractivity contribution in [3.8, 4) is 27.9 Å². The van der Waals surface area contributed by atoms with Gasteiger partial charge in [0.25, 0.3) is 5.91 Å². The first-order valence-electron chi connectivity index (χ1n) is 9.44. The molecule has 1 unspecified atom stereocenters. The van der Waals surface area contributed by atoms with Gasteiger partial charge in [-0.3, -0.25) is 14.5 Å². The average molecular weight is 449 g/mol. The molecule has 3 aromatic heterocycles. The smallest absolute Gasteiger partial charge is 0.271 e. The van der Waals surface area contributed by atoms with E-state index in [1.54, 1.807) is 34.6 Å². The summed E-state index contributed by atoms with van der Waals surface area (Å²) in [6.07, 6.45) is 5.26. The minimum atomic E-state index is -0.231. The summed E-state index contributed by atoms with van der Waals surface area (Å²) in [7, 11) is 0. The Balaban J connectivity index is 1.39. The molecule has 1 aromatic carbocycles. The maximum absolute atomic E-state index is 12.6. The van der Waals surface area contributed by atoms with Gasteiger partial charge in [0.2, 0.25) is 0 Å². The summed E-state index contributed by atoms with van der Waals surface area (Å²) in [5.41, 5.74) is 3.25. The van der Waals surface area contributed by atoms with Gasteiger partial charge in [0, 0.05) is 41.1 Å². The van der Waals surface area contributed by atoms with Crippen LogP contribution in [0.2, 0.25) is 5.02 Å². The Hall–Kier alpha value is -3.54. The highest BCUT2D eigenvalue weighted by atomic mass is 35.5. The monoisotopic (exact) mass is 448 g/mol. The van der Waals surface area contributed by atoms with Crippen LogP contribution in [-0.2, 0) is 6.54 Å². The molecule has 1 atom stereocenters. The zero-order valence-corrected chi connectivity index (χ0v) is 18.1. The largest absolute Gasteiger partial charge is 0.346 e. The van der Waals surface area contributed by atoms with Crippen molar-refractivity contribution in [3.63, 3.8) is 0 Å². The zero-order valence-electron chi connectivity index (χ0n) is 16.5. The maximum Gasteiger partial charge on any atom is 0.271 e. The van der Waals surface area contributed by atoms with Gasteiger partial charge in [-0.25, -0.2) is 4.98 Å². The molecular formula is C22H17ClN6OS. The van der Waals surface area contributed by atoms with Crippen LogP contribution in [0, 0.1) is 11.3 Å². The van der Waals surface area contributed by atoms with Crippen molar-refractivity contribution in [2.45, 2.75) is 19.5 Å². The van der Waals surface area contributed by atoms with Crippen molar-refractivity contribution in [3.05, 3.63) is 76.6 Å². The van der Waals surface area contributed by atoms with E-state index in [2.05, 4.69) is 20.4 Å². The fraction of sp³-hybridized carbons (Fsp3) is 0.136. The van der Waals surface area contributed by atoms with Crippen LogP contribution in [0.4, 0.5) is 0 Å². The number of hydrogen-bond donors (Lipinski definition) is 1. The van der Waals surface area contributed by atoms with Crippen LogP contribution >= 0.6 is 22.9 Å².